The number of anilines is 1. The van der Waals surface area contributed by atoms with Crippen molar-refractivity contribution >= 4 is 69.1 Å². The highest BCUT2D eigenvalue weighted by Gasteiger charge is 2.16. The number of amides is 1. The number of rotatable bonds is 5. The first-order chi connectivity index (χ1) is 15.3. The molecule has 5 nitrogen and oxygen atoms in total. The Hall–Kier alpha value is -2.51. The van der Waals surface area contributed by atoms with Gasteiger partial charge in [0.05, 0.1) is 38.1 Å². The van der Waals surface area contributed by atoms with E-state index in [-0.39, 0.29) is 17.2 Å². The molecule has 1 aromatic heterocycles. The van der Waals surface area contributed by atoms with Gasteiger partial charge >= 0.3 is 0 Å². The summed E-state index contributed by atoms with van der Waals surface area (Å²) >= 11 is 19.7. The van der Waals surface area contributed by atoms with E-state index in [1.54, 1.807) is 48.5 Å². The molecule has 0 saturated heterocycles. The van der Waals surface area contributed by atoms with Gasteiger partial charge in [0.1, 0.15) is 0 Å². The summed E-state index contributed by atoms with van der Waals surface area (Å²) in [6, 6.07) is 17.4. The minimum Gasteiger partial charge on any atom is -0.323 e. The van der Waals surface area contributed by atoms with Crippen LogP contribution in [0.4, 0.5) is 5.69 Å². The number of para-hydroxylation sites is 2. The third-order valence-corrected chi connectivity index (χ3v) is 6.69. The molecule has 0 saturated carbocycles. The fourth-order valence-corrected chi connectivity index (χ4v) is 4.56. The van der Waals surface area contributed by atoms with Gasteiger partial charge in [-0.2, -0.15) is 0 Å². The predicted octanol–water partition coefficient (Wildman–Crippen LogP) is 6.39. The van der Waals surface area contributed by atoms with E-state index in [0.717, 1.165) is 17.3 Å². The molecule has 9 heteroatoms. The highest BCUT2D eigenvalue weighted by atomic mass is 35.5. The van der Waals surface area contributed by atoms with Gasteiger partial charge in [0.15, 0.2) is 5.16 Å². The maximum atomic E-state index is 13.3. The number of hydrogen-bond donors (Lipinski definition) is 1. The number of nitrogens with one attached hydrogen (secondary N) is 1. The van der Waals surface area contributed by atoms with Gasteiger partial charge in [0.25, 0.3) is 5.56 Å². The normalized spacial score (nSPS) is 11.0. The van der Waals surface area contributed by atoms with Crippen molar-refractivity contribution in [1.29, 1.82) is 0 Å². The SMILES string of the molecule is Cc1ccc(-n2c(SCC(=O)Nc3c(Cl)cccc3Cl)nc3ccccc3c2=O)cc1Cl. The summed E-state index contributed by atoms with van der Waals surface area (Å²) in [6.45, 7) is 1.88. The summed E-state index contributed by atoms with van der Waals surface area (Å²) in [5.41, 5.74) is 2.11. The van der Waals surface area contributed by atoms with Crippen LogP contribution in [0.15, 0.2) is 70.6 Å². The number of fused-ring (bicyclic) bond motifs is 1. The molecule has 32 heavy (non-hydrogen) atoms. The lowest BCUT2D eigenvalue weighted by molar-refractivity contribution is -0.113. The molecule has 0 fully saturated rings. The van der Waals surface area contributed by atoms with Gasteiger partial charge in [-0.1, -0.05) is 70.8 Å². The predicted molar refractivity (Wildman–Crippen MR) is 133 cm³/mol. The zero-order valence-corrected chi connectivity index (χ0v) is 19.8. The molecule has 1 amide bonds. The van der Waals surface area contributed by atoms with Gasteiger partial charge in [0.2, 0.25) is 5.91 Å². The van der Waals surface area contributed by atoms with Crippen LogP contribution in [-0.2, 0) is 4.79 Å². The molecule has 0 aliphatic carbocycles. The van der Waals surface area contributed by atoms with Crippen LogP contribution in [0, 0.1) is 6.92 Å². The van der Waals surface area contributed by atoms with Crippen LogP contribution in [0.25, 0.3) is 16.6 Å². The number of halogens is 3. The zero-order valence-electron chi connectivity index (χ0n) is 16.7. The second-order valence-corrected chi connectivity index (χ2v) is 9.08. The Labute approximate surface area is 203 Å². The average Bonchev–Trinajstić information content (AvgIpc) is 2.77. The van der Waals surface area contributed by atoms with Crippen LogP contribution >= 0.6 is 46.6 Å². The molecule has 162 valence electrons. The average molecular weight is 505 g/mol. The first-order valence-electron chi connectivity index (χ1n) is 9.50. The van der Waals surface area contributed by atoms with Crippen molar-refractivity contribution in [3.63, 3.8) is 0 Å². The first kappa shape index (κ1) is 22.7. The van der Waals surface area contributed by atoms with E-state index in [0.29, 0.717) is 42.5 Å². The molecule has 0 radical (unpaired) electrons. The fraction of sp³-hybridized carbons (Fsp3) is 0.0870. The highest BCUT2D eigenvalue weighted by molar-refractivity contribution is 7.99. The molecule has 4 aromatic rings. The van der Waals surface area contributed by atoms with Crippen molar-refractivity contribution in [2.75, 3.05) is 11.1 Å². The van der Waals surface area contributed by atoms with Gasteiger partial charge in [-0.15, -0.1) is 0 Å². The minimum atomic E-state index is -0.333. The molecule has 0 aliphatic heterocycles. The van der Waals surface area contributed by atoms with Crippen LogP contribution in [0.5, 0.6) is 0 Å². The molecule has 4 rings (SSSR count). The third kappa shape index (κ3) is 4.64. The number of aromatic nitrogens is 2. The van der Waals surface area contributed by atoms with Crippen molar-refractivity contribution in [2.24, 2.45) is 0 Å². The molecule has 0 spiro atoms. The second kappa shape index (κ2) is 9.55. The maximum Gasteiger partial charge on any atom is 0.266 e. The first-order valence-corrected chi connectivity index (χ1v) is 11.6. The summed E-state index contributed by atoms with van der Waals surface area (Å²) in [5.74, 6) is -0.341. The molecule has 0 unspecified atom stereocenters. The number of benzene rings is 3. The Morgan fingerprint density at radius 3 is 2.44 bits per heavy atom. The van der Waals surface area contributed by atoms with E-state index in [1.165, 1.54) is 4.57 Å². The topological polar surface area (TPSA) is 64.0 Å². The van der Waals surface area contributed by atoms with Crippen molar-refractivity contribution in [3.8, 4) is 5.69 Å². The molecule has 3 aromatic carbocycles. The quantitative estimate of drug-likeness (QED) is 0.253. The molecule has 0 bridgehead atoms. The molecular formula is C23H16Cl3N3O2S. The summed E-state index contributed by atoms with van der Waals surface area (Å²) in [6.07, 6.45) is 0. The molecule has 1 N–H and O–H groups in total. The molecule has 0 atom stereocenters. The van der Waals surface area contributed by atoms with Crippen molar-refractivity contribution < 1.29 is 4.79 Å². The number of thioether (sulfide) groups is 1. The van der Waals surface area contributed by atoms with Gasteiger partial charge < -0.3 is 5.32 Å². The van der Waals surface area contributed by atoms with Crippen LogP contribution in [0.2, 0.25) is 15.1 Å². The number of hydrogen-bond acceptors (Lipinski definition) is 4. The minimum absolute atomic E-state index is 0.00801. The van der Waals surface area contributed by atoms with Crippen LogP contribution in [0.1, 0.15) is 5.56 Å². The monoisotopic (exact) mass is 503 g/mol. The van der Waals surface area contributed by atoms with Crippen molar-refractivity contribution in [3.05, 3.63) is 91.6 Å². The van der Waals surface area contributed by atoms with Crippen LogP contribution in [-0.4, -0.2) is 21.2 Å². The number of nitrogens with zero attached hydrogens (tertiary/aromatic N) is 2. The summed E-state index contributed by atoms with van der Waals surface area (Å²) in [5, 5.41) is 4.77. The lowest BCUT2D eigenvalue weighted by Gasteiger charge is -2.14. The summed E-state index contributed by atoms with van der Waals surface area (Å²) in [7, 11) is 0. The lowest BCUT2D eigenvalue weighted by atomic mass is 10.2. The molecule has 0 aliphatic rings. The maximum absolute atomic E-state index is 13.3. The Kier molecular flexibility index (Phi) is 6.76. The Morgan fingerprint density at radius 1 is 1.00 bits per heavy atom. The van der Waals surface area contributed by atoms with Crippen molar-refractivity contribution in [2.45, 2.75) is 12.1 Å². The Bertz CT molecular complexity index is 1390. The molecule has 1 heterocycles. The third-order valence-electron chi connectivity index (χ3n) is 4.72. The van der Waals surface area contributed by atoms with E-state index in [2.05, 4.69) is 10.3 Å². The summed E-state index contributed by atoms with van der Waals surface area (Å²) in [4.78, 5) is 30.5. The van der Waals surface area contributed by atoms with E-state index in [1.807, 2.05) is 19.1 Å². The number of aryl methyl sites for hydroxylation is 1. The lowest BCUT2D eigenvalue weighted by Crippen LogP contribution is -2.23. The van der Waals surface area contributed by atoms with Crippen LogP contribution in [0.3, 0.4) is 0 Å². The van der Waals surface area contributed by atoms with Gasteiger partial charge in [0, 0.05) is 5.02 Å². The van der Waals surface area contributed by atoms with E-state index < -0.39 is 0 Å². The van der Waals surface area contributed by atoms with Crippen LogP contribution < -0.4 is 10.9 Å². The van der Waals surface area contributed by atoms with E-state index in [9.17, 15) is 9.59 Å². The summed E-state index contributed by atoms with van der Waals surface area (Å²) < 4.78 is 1.47. The van der Waals surface area contributed by atoms with E-state index >= 15 is 0 Å². The van der Waals surface area contributed by atoms with Gasteiger partial charge in [-0.25, -0.2) is 4.98 Å². The Morgan fingerprint density at radius 2 is 1.72 bits per heavy atom. The zero-order chi connectivity index (χ0) is 22.8. The molecular weight excluding hydrogens is 489 g/mol. The smallest absolute Gasteiger partial charge is 0.266 e. The second-order valence-electron chi connectivity index (χ2n) is 6.92. The van der Waals surface area contributed by atoms with Gasteiger partial charge in [-0.05, 0) is 48.9 Å². The van der Waals surface area contributed by atoms with Crippen molar-refractivity contribution in [1.82, 2.24) is 9.55 Å². The van der Waals surface area contributed by atoms with E-state index in [4.69, 9.17) is 34.8 Å². The standard InChI is InChI=1S/C23H16Cl3N3O2S/c1-13-9-10-14(11-18(13)26)29-22(31)15-5-2-3-8-19(15)27-23(29)32-12-20(30)28-21-16(24)6-4-7-17(21)25/h2-11H,12H2,1H3,(H,28,30). The van der Waals surface area contributed by atoms with Gasteiger partial charge in [-0.3, -0.25) is 14.2 Å². The highest BCUT2D eigenvalue weighted by Crippen LogP contribution is 2.30. The number of carbonyl (C=O) groups is 1. The fourth-order valence-electron chi connectivity index (χ4n) is 3.08. The Balaban J connectivity index is 1.70. The largest absolute Gasteiger partial charge is 0.323 e. The number of carbonyl (C=O) groups excluding carboxylic acids is 1.